The summed E-state index contributed by atoms with van der Waals surface area (Å²) >= 11 is 0. The summed E-state index contributed by atoms with van der Waals surface area (Å²) in [6.45, 7) is 8.30. The molecule has 1 N–H and O–H groups in total. The van der Waals surface area contributed by atoms with Gasteiger partial charge in [-0.15, -0.1) is 0 Å². The van der Waals surface area contributed by atoms with Gasteiger partial charge in [-0.2, -0.15) is 5.10 Å². The average molecular weight is 543 g/mol. The highest BCUT2D eigenvalue weighted by molar-refractivity contribution is 7.88. The van der Waals surface area contributed by atoms with Crippen molar-refractivity contribution in [3.8, 4) is 0 Å². The average Bonchev–Trinajstić information content (AvgIpc) is 3.49. The molecule has 0 saturated carbocycles. The smallest absolute Gasteiger partial charge is 0.274 e. The molecule has 5 rings (SSSR count). The number of rotatable bonds is 6. The van der Waals surface area contributed by atoms with Gasteiger partial charge in [0.15, 0.2) is 5.69 Å². The highest BCUT2D eigenvalue weighted by Gasteiger charge is 2.33. The third-order valence-corrected chi connectivity index (χ3v) is 8.97. The van der Waals surface area contributed by atoms with Gasteiger partial charge in [-0.05, 0) is 63.1 Å². The van der Waals surface area contributed by atoms with Gasteiger partial charge in [0.2, 0.25) is 15.9 Å². The van der Waals surface area contributed by atoms with Crippen LogP contribution in [-0.2, 0) is 34.2 Å². The number of anilines is 1. The van der Waals surface area contributed by atoms with Crippen LogP contribution in [0.1, 0.15) is 52.1 Å². The van der Waals surface area contributed by atoms with E-state index in [1.54, 1.807) is 9.58 Å². The Kier molecular flexibility index (Phi) is 7.50. The van der Waals surface area contributed by atoms with Crippen molar-refractivity contribution < 1.29 is 18.0 Å². The van der Waals surface area contributed by atoms with Gasteiger partial charge < -0.3 is 14.7 Å². The van der Waals surface area contributed by atoms with Crippen LogP contribution in [0.3, 0.4) is 0 Å². The highest BCUT2D eigenvalue weighted by Crippen LogP contribution is 2.28. The fourth-order valence-electron chi connectivity index (χ4n) is 5.97. The number of hydrogen-bond donors (Lipinski definition) is 1. The number of nitrogens with zero attached hydrogens (tertiary/aromatic N) is 5. The van der Waals surface area contributed by atoms with E-state index >= 15 is 0 Å². The Hall–Kier alpha value is -2.92. The monoisotopic (exact) mass is 542 g/mol. The third-order valence-electron chi connectivity index (χ3n) is 8.21. The number of hydrogen-bond acceptors (Lipinski definition) is 6. The molecule has 0 spiro atoms. The van der Waals surface area contributed by atoms with Gasteiger partial charge in [0, 0.05) is 62.3 Å². The summed E-state index contributed by atoms with van der Waals surface area (Å²) in [5.41, 5.74) is 6.23. The van der Waals surface area contributed by atoms with Gasteiger partial charge in [-0.25, -0.2) is 13.1 Å². The molecule has 38 heavy (non-hydrogen) atoms. The summed E-state index contributed by atoms with van der Waals surface area (Å²) in [5.74, 6) is -0.0798. The van der Waals surface area contributed by atoms with Crippen LogP contribution in [-0.4, -0.2) is 91.4 Å². The van der Waals surface area contributed by atoms with Crippen molar-refractivity contribution in [1.29, 1.82) is 0 Å². The van der Waals surface area contributed by atoms with Crippen LogP contribution in [0.15, 0.2) is 18.2 Å². The molecule has 3 heterocycles. The Bertz CT molecular complexity index is 1320. The van der Waals surface area contributed by atoms with Gasteiger partial charge in [-0.1, -0.05) is 12.1 Å². The lowest BCUT2D eigenvalue weighted by molar-refractivity contribution is -0.132. The maximum Gasteiger partial charge on any atom is 0.274 e. The second kappa shape index (κ2) is 10.7. The van der Waals surface area contributed by atoms with Crippen molar-refractivity contribution in [3.63, 3.8) is 0 Å². The largest absolute Gasteiger partial charge is 0.368 e. The first-order chi connectivity index (χ1) is 18.1. The lowest BCUT2D eigenvalue weighted by atomic mass is 10.1. The van der Waals surface area contributed by atoms with Gasteiger partial charge in [0.1, 0.15) is 6.54 Å². The number of fused-ring (bicyclic) bond motifs is 1. The summed E-state index contributed by atoms with van der Waals surface area (Å²) in [5, 5.41) is 4.66. The van der Waals surface area contributed by atoms with Crippen LogP contribution in [0.2, 0.25) is 0 Å². The lowest BCUT2D eigenvalue weighted by Gasteiger charge is -2.37. The van der Waals surface area contributed by atoms with Gasteiger partial charge in [0.05, 0.1) is 6.26 Å². The van der Waals surface area contributed by atoms with Crippen molar-refractivity contribution in [2.75, 3.05) is 50.4 Å². The van der Waals surface area contributed by atoms with Crippen LogP contribution < -0.4 is 9.62 Å². The fraction of sp³-hybridized carbons (Fsp3) is 0.593. The number of carbonyl (C=O) groups is 2. The first-order valence-corrected chi connectivity index (χ1v) is 15.4. The molecule has 0 radical (unpaired) electrons. The molecule has 3 aliphatic rings. The van der Waals surface area contributed by atoms with E-state index in [2.05, 4.69) is 46.8 Å². The van der Waals surface area contributed by atoms with Crippen molar-refractivity contribution in [1.82, 2.24) is 24.3 Å². The number of nitrogens with one attached hydrogen (secondary N) is 1. The number of amides is 2. The highest BCUT2D eigenvalue weighted by atomic mass is 32.2. The summed E-state index contributed by atoms with van der Waals surface area (Å²) in [4.78, 5) is 32.7. The number of aromatic nitrogens is 2. The van der Waals surface area contributed by atoms with Crippen LogP contribution in [0.5, 0.6) is 0 Å². The SMILES string of the molecule is Cc1cccc(N2CCN(C(=O)Cn3nc(C(=O)N4CCC(NS(C)(=O)=O)CC4)c4c3CCC4)CC2)c1C. The molecule has 2 aliphatic heterocycles. The second-order valence-corrected chi connectivity index (χ2v) is 12.6. The zero-order valence-corrected chi connectivity index (χ0v) is 23.4. The van der Waals surface area contributed by atoms with Crippen LogP contribution >= 0.6 is 0 Å². The Morgan fingerprint density at radius 2 is 1.71 bits per heavy atom. The predicted octanol–water partition coefficient (Wildman–Crippen LogP) is 1.49. The quantitative estimate of drug-likeness (QED) is 0.593. The number of piperidine rings is 1. The fourth-order valence-corrected chi connectivity index (χ4v) is 6.81. The number of benzene rings is 1. The molecule has 2 aromatic rings. The maximum atomic E-state index is 13.4. The Balaban J connectivity index is 1.21. The van der Waals surface area contributed by atoms with E-state index in [-0.39, 0.29) is 24.4 Å². The standard InChI is InChI=1S/C27H38N6O4S/c1-19-6-4-8-23(20(19)2)30-14-16-31(17-15-30)25(34)18-33-24-9-5-7-22(24)26(28-33)27(35)32-12-10-21(11-13-32)29-38(3,36)37/h4,6,8,21,29H,5,7,9-18H2,1-3H3. The van der Waals surface area contributed by atoms with Gasteiger partial charge in [0.25, 0.3) is 5.91 Å². The minimum absolute atomic E-state index is 0.0366. The van der Waals surface area contributed by atoms with E-state index in [1.807, 2.05) is 4.90 Å². The molecule has 0 bridgehead atoms. The number of piperazine rings is 1. The van der Waals surface area contributed by atoms with Crippen LogP contribution in [0.25, 0.3) is 0 Å². The molecular formula is C27H38N6O4S. The molecule has 1 aromatic heterocycles. The zero-order valence-electron chi connectivity index (χ0n) is 22.6. The second-order valence-electron chi connectivity index (χ2n) is 10.8. The number of likely N-dealkylation sites (tertiary alicyclic amines) is 1. The van der Waals surface area contributed by atoms with Crippen LogP contribution in [0.4, 0.5) is 5.69 Å². The molecule has 2 amide bonds. The molecule has 1 aromatic carbocycles. The predicted molar refractivity (Wildman–Crippen MR) is 146 cm³/mol. The molecule has 2 fully saturated rings. The van der Waals surface area contributed by atoms with Gasteiger partial charge in [-0.3, -0.25) is 14.3 Å². The molecule has 0 atom stereocenters. The first kappa shape index (κ1) is 26.7. The summed E-state index contributed by atoms with van der Waals surface area (Å²) < 4.78 is 27.5. The normalized spacial score (nSPS) is 18.7. The topological polar surface area (TPSA) is 108 Å². The van der Waals surface area contributed by atoms with E-state index in [4.69, 9.17) is 0 Å². The van der Waals surface area contributed by atoms with E-state index in [1.165, 1.54) is 16.8 Å². The maximum absolute atomic E-state index is 13.4. The van der Waals surface area contributed by atoms with E-state index in [0.717, 1.165) is 49.9 Å². The van der Waals surface area contributed by atoms with Gasteiger partial charge >= 0.3 is 0 Å². The van der Waals surface area contributed by atoms with Crippen molar-refractivity contribution in [2.24, 2.45) is 0 Å². The molecule has 0 unspecified atom stereocenters. The van der Waals surface area contributed by atoms with E-state index < -0.39 is 10.0 Å². The number of carbonyl (C=O) groups excluding carboxylic acids is 2. The molecule has 206 valence electrons. The van der Waals surface area contributed by atoms with E-state index in [0.29, 0.717) is 44.7 Å². The minimum Gasteiger partial charge on any atom is -0.368 e. The summed E-state index contributed by atoms with van der Waals surface area (Å²) in [6, 6.07) is 6.21. The summed E-state index contributed by atoms with van der Waals surface area (Å²) in [7, 11) is -3.27. The zero-order chi connectivity index (χ0) is 27.0. The Labute approximate surface area is 225 Å². The molecule has 10 nitrogen and oxygen atoms in total. The lowest BCUT2D eigenvalue weighted by Crippen LogP contribution is -2.50. The number of sulfonamides is 1. The Morgan fingerprint density at radius 3 is 2.39 bits per heavy atom. The van der Waals surface area contributed by atoms with Crippen LogP contribution in [0, 0.1) is 13.8 Å². The van der Waals surface area contributed by atoms with Crippen molar-refractivity contribution in [2.45, 2.75) is 58.5 Å². The number of aryl methyl sites for hydroxylation is 1. The van der Waals surface area contributed by atoms with E-state index in [9.17, 15) is 18.0 Å². The summed E-state index contributed by atoms with van der Waals surface area (Å²) in [6.07, 6.45) is 4.89. The van der Waals surface area contributed by atoms with Crippen molar-refractivity contribution >= 4 is 27.5 Å². The third kappa shape index (κ3) is 5.58. The minimum atomic E-state index is -3.27. The first-order valence-electron chi connectivity index (χ1n) is 13.5. The molecule has 1 aliphatic carbocycles. The molecular weight excluding hydrogens is 504 g/mol. The molecule has 2 saturated heterocycles. The Morgan fingerprint density at radius 1 is 1.00 bits per heavy atom. The molecule has 11 heteroatoms. The van der Waals surface area contributed by atoms with Crippen molar-refractivity contribution in [3.05, 3.63) is 46.3 Å².